The number of halogens is 1. The lowest BCUT2D eigenvalue weighted by Gasteiger charge is -2.35. The molecule has 0 saturated carbocycles. The van der Waals surface area contributed by atoms with E-state index in [0.29, 0.717) is 31.1 Å². The van der Waals surface area contributed by atoms with Crippen molar-refractivity contribution in [3.8, 4) is 0 Å². The summed E-state index contributed by atoms with van der Waals surface area (Å²) in [7, 11) is -2.11. The molecule has 25 heavy (non-hydrogen) atoms. The molecule has 134 valence electrons. The summed E-state index contributed by atoms with van der Waals surface area (Å²) >= 11 is 1.11. The van der Waals surface area contributed by atoms with Gasteiger partial charge < -0.3 is 10.2 Å². The number of anilines is 1. The third-order valence-electron chi connectivity index (χ3n) is 4.09. The molecule has 1 fully saturated rings. The van der Waals surface area contributed by atoms with Gasteiger partial charge in [-0.2, -0.15) is 4.31 Å². The van der Waals surface area contributed by atoms with Crippen molar-refractivity contribution in [3.63, 3.8) is 0 Å². The summed E-state index contributed by atoms with van der Waals surface area (Å²) in [6.45, 7) is 1.73. The van der Waals surface area contributed by atoms with Crippen molar-refractivity contribution >= 4 is 33.0 Å². The van der Waals surface area contributed by atoms with Crippen molar-refractivity contribution in [3.05, 3.63) is 46.4 Å². The van der Waals surface area contributed by atoms with Gasteiger partial charge in [0, 0.05) is 44.3 Å². The highest BCUT2D eigenvalue weighted by molar-refractivity contribution is 7.89. The van der Waals surface area contributed by atoms with Crippen LogP contribution in [0.2, 0.25) is 0 Å². The quantitative estimate of drug-likeness (QED) is 0.874. The highest BCUT2D eigenvalue weighted by Gasteiger charge is 2.29. The minimum absolute atomic E-state index is 0.145. The normalized spacial score (nSPS) is 16.0. The molecule has 2 heterocycles. The van der Waals surface area contributed by atoms with Crippen LogP contribution >= 0.6 is 11.3 Å². The van der Waals surface area contributed by atoms with E-state index < -0.39 is 10.0 Å². The lowest BCUT2D eigenvalue weighted by molar-refractivity contribution is 0.0967. The van der Waals surface area contributed by atoms with Crippen molar-refractivity contribution < 1.29 is 17.6 Å². The number of rotatable bonds is 4. The number of piperazine rings is 1. The van der Waals surface area contributed by atoms with Gasteiger partial charge in [-0.05, 0) is 30.3 Å². The Bertz CT molecular complexity index is 857. The fraction of sp³-hybridized carbons (Fsp3) is 0.312. The highest BCUT2D eigenvalue weighted by Crippen LogP contribution is 2.25. The fourth-order valence-corrected chi connectivity index (χ4v) is 5.31. The molecule has 1 amide bonds. The van der Waals surface area contributed by atoms with Crippen LogP contribution in [0.3, 0.4) is 0 Å². The number of thiophene rings is 1. The first kappa shape index (κ1) is 17.8. The lowest BCUT2D eigenvalue weighted by atomic mass is 10.2. The van der Waals surface area contributed by atoms with Crippen molar-refractivity contribution in [2.24, 2.45) is 0 Å². The van der Waals surface area contributed by atoms with Crippen LogP contribution in [0.5, 0.6) is 0 Å². The molecule has 6 nitrogen and oxygen atoms in total. The van der Waals surface area contributed by atoms with E-state index in [0.717, 1.165) is 17.0 Å². The van der Waals surface area contributed by atoms with Crippen LogP contribution in [0.15, 0.2) is 40.6 Å². The first-order valence-corrected chi connectivity index (χ1v) is 10.0. The van der Waals surface area contributed by atoms with Crippen LogP contribution in [0.4, 0.5) is 10.1 Å². The Morgan fingerprint density at radius 3 is 2.40 bits per heavy atom. The first-order chi connectivity index (χ1) is 11.9. The van der Waals surface area contributed by atoms with E-state index in [1.54, 1.807) is 12.1 Å². The zero-order valence-corrected chi connectivity index (χ0v) is 15.2. The molecule has 0 spiro atoms. The minimum atomic E-state index is -3.62. The highest BCUT2D eigenvalue weighted by atomic mass is 32.2. The van der Waals surface area contributed by atoms with Crippen molar-refractivity contribution in [2.45, 2.75) is 4.90 Å². The average Bonchev–Trinajstić information content (AvgIpc) is 3.13. The first-order valence-electron chi connectivity index (χ1n) is 7.73. The summed E-state index contributed by atoms with van der Waals surface area (Å²) in [6, 6.07) is 7.57. The van der Waals surface area contributed by atoms with E-state index >= 15 is 0 Å². The van der Waals surface area contributed by atoms with E-state index in [9.17, 15) is 17.6 Å². The lowest BCUT2D eigenvalue weighted by Crippen LogP contribution is -2.48. The van der Waals surface area contributed by atoms with Crippen molar-refractivity contribution in [1.29, 1.82) is 0 Å². The van der Waals surface area contributed by atoms with Crippen molar-refractivity contribution in [2.75, 3.05) is 38.1 Å². The standard InChI is InChI=1S/C16H18FN3O3S2/c1-18-16(21)15-10-14(11-24-15)25(22,23)20-8-6-19(7-9-20)13-4-2-12(17)3-5-13/h2-5,10-11H,6-9H2,1H3,(H,18,21). The van der Waals surface area contributed by atoms with Crippen molar-refractivity contribution in [1.82, 2.24) is 9.62 Å². The van der Waals surface area contributed by atoms with E-state index in [4.69, 9.17) is 0 Å². The maximum atomic E-state index is 13.0. The Labute approximate surface area is 149 Å². The van der Waals surface area contributed by atoms with Gasteiger partial charge in [0.1, 0.15) is 5.82 Å². The number of nitrogens with zero attached hydrogens (tertiary/aromatic N) is 2. The topological polar surface area (TPSA) is 69.7 Å². The molecule has 1 N–H and O–H groups in total. The fourth-order valence-electron chi connectivity index (χ4n) is 2.68. The summed E-state index contributed by atoms with van der Waals surface area (Å²) < 4.78 is 39.9. The summed E-state index contributed by atoms with van der Waals surface area (Å²) in [4.78, 5) is 14.1. The SMILES string of the molecule is CNC(=O)c1cc(S(=O)(=O)N2CCN(c3ccc(F)cc3)CC2)cs1. The number of carbonyl (C=O) groups excluding carboxylic acids is 1. The van der Waals surface area contributed by atoms with Gasteiger partial charge in [0.2, 0.25) is 10.0 Å². The van der Waals surface area contributed by atoms with Gasteiger partial charge in [0.05, 0.1) is 9.77 Å². The monoisotopic (exact) mass is 383 g/mol. The number of amides is 1. The van der Waals surface area contributed by atoms with Gasteiger partial charge in [0.25, 0.3) is 5.91 Å². The number of benzene rings is 1. The second-order valence-electron chi connectivity index (χ2n) is 5.59. The van der Waals surface area contributed by atoms with E-state index in [1.165, 1.54) is 34.9 Å². The molecular formula is C16H18FN3O3S2. The van der Waals surface area contributed by atoms with Crippen LogP contribution in [0.1, 0.15) is 9.67 Å². The molecule has 1 aliphatic heterocycles. The summed E-state index contributed by atoms with van der Waals surface area (Å²) in [5.41, 5.74) is 0.871. The Morgan fingerprint density at radius 1 is 1.16 bits per heavy atom. The second kappa shape index (κ2) is 7.11. The number of hydrogen-bond donors (Lipinski definition) is 1. The average molecular weight is 383 g/mol. The molecule has 3 rings (SSSR count). The predicted molar refractivity (Wildman–Crippen MR) is 95.1 cm³/mol. The second-order valence-corrected chi connectivity index (χ2v) is 8.44. The maximum Gasteiger partial charge on any atom is 0.261 e. The third-order valence-corrected chi connectivity index (χ3v) is 7.05. The maximum absolute atomic E-state index is 13.0. The molecule has 1 aliphatic rings. The summed E-state index contributed by atoms with van der Waals surface area (Å²) in [6.07, 6.45) is 0. The molecule has 1 aromatic heterocycles. The molecule has 0 atom stereocenters. The summed E-state index contributed by atoms with van der Waals surface area (Å²) in [5, 5.41) is 3.98. The van der Waals surface area contributed by atoms with Gasteiger partial charge in [-0.15, -0.1) is 11.3 Å². The van der Waals surface area contributed by atoms with Crippen LogP contribution in [-0.2, 0) is 10.0 Å². The molecule has 0 radical (unpaired) electrons. The van der Waals surface area contributed by atoms with Gasteiger partial charge >= 0.3 is 0 Å². The molecule has 9 heteroatoms. The Morgan fingerprint density at radius 2 is 1.80 bits per heavy atom. The smallest absolute Gasteiger partial charge is 0.261 e. The van der Waals surface area contributed by atoms with E-state index in [1.807, 2.05) is 4.90 Å². The van der Waals surface area contributed by atoms with Gasteiger partial charge in [-0.3, -0.25) is 4.79 Å². The molecule has 1 saturated heterocycles. The Hall–Kier alpha value is -1.97. The molecular weight excluding hydrogens is 365 g/mol. The van der Waals surface area contributed by atoms with Crippen LogP contribution in [0.25, 0.3) is 0 Å². The zero-order valence-electron chi connectivity index (χ0n) is 13.6. The minimum Gasteiger partial charge on any atom is -0.369 e. The number of nitrogens with one attached hydrogen (secondary N) is 1. The number of hydrogen-bond acceptors (Lipinski definition) is 5. The Kier molecular flexibility index (Phi) is 5.07. The van der Waals surface area contributed by atoms with Gasteiger partial charge in [0.15, 0.2) is 0 Å². The van der Waals surface area contributed by atoms with Crippen LogP contribution in [0, 0.1) is 5.82 Å². The summed E-state index contributed by atoms with van der Waals surface area (Å²) in [5.74, 6) is -0.595. The number of sulfonamides is 1. The Balaban J connectivity index is 1.70. The van der Waals surface area contributed by atoms with E-state index in [-0.39, 0.29) is 16.6 Å². The third kappa shape index (κ3) is 3.68. The number of carbonyl (C=O) groups is 1. The largest absolute Gasteiger partial charge is 0.369 e. The van der Waals surface area contributed by atoms with Gasteiger partial charge in [-0.1, -0.05) is 0 Å². The molecule has 2 aromatic rings. The van der Waals surface area contributed by atoms with Crippen LogP contribution in [-0.4, -0.2) is 51.9 Å². The van der Waals surface area contributed by atoms with Gasteiger partial charge in [-0.25, -0.2) is 12.8 Å². The molecule has 0 aliphatic carbocycles. The molecule has 0 unspecified atom stereocenters. The zero-order chi connectivity index (χ0) is 18.0. The van der Waals surface area contributed by atoms with E-state index in [2.05, 4.69) is 5.32 Å². The van der Waals surface area contributed by atoms with Crippen LogP contribution < -0.4 is 10.2 Å². The molecule has 0 bridgehead atoms. The molecule has 1 aromatic carbocycles. The predicted octanol–water partition coefficient (Wildman–Crippen LogP) is 1.76.